The van der Waals surface area contributed by atoms with Crippen LogP contribution in [0.5, 0.6) is 0 Å². The largest absolute Gasteiger partial charge is 0.472 e. The molecule has 0 saturated carbocycles. The maximum absolute atomic E-state index is 12.7. The van der Waals surface area contributed by atoms with Crippen LogP contribution in [0.1, 0.15) is 200 Å². The van der Waals surface area contributed by atoms with Crippen LogP contribution in [0.15, 0.2) is 60.8 Å². The van der Waals surface area contributed by atoms with Crippen molar-refractivity contribution < 1.29 is 47.2 Å². The lowest BCUT2D eigenvalue weighted by Gasteiger charge is -2.24. The van der Waals surface area contributed by atoms with Crippen molar-refractivity contribution in [2.24, 2.45) is 0 Å². The molecular formula is C52H95NO9P+. The van der Waals surface area contributed by atoms with Crippen molar-refractivity contribution in [1.82, 2.24) is 0 Å². The minimum absolute atomic E-state index is 0.00468. The SMILES string of the molecule is CC/C=C\C/C=C\C/C=C\C/C=C\C=C\C(O)CCCC(=O)O[C@H](COC(=O)CCCCCCCCCCCCCCCCCCCCCCC)COP(=O)(O)OCC[N+](C)(C)C. The van der Waals surface area contributed by atoms with Gasteiger partial charge in [0.1, 0.15) is 19.8 Å². The lowest BCUT2D eigenvalue weighted by Crippen LogP contribution is -2.37. The molecule has 0 heterocycles. The van der Waals surface area contributed by atoms with E-state index in [2.05, 4.69) is 50.3 Å². The molecule has 0 aliphatic heterocycles. The standard InChI is InChI=1S/C52H94NO9P/c1-6-8-10-12-14-16-18-20-21-22-23-24-25-26-27-29-31-33-35-37-39-43-51(55)59-47-50(48-61-63(57,58)60-46-45-53(3,4)5)62-52(56)44-40-42-49(54)41-38-36-34-32-30-28-19-17-15-13-11-9-7-2/h9,11,15,17,28,30,34,36,38,41,49-50,54H,6-8,10,12-14,16,18-27,29,31-33,35,37,39-40,42-48H2,1-5H3/p+1/b11-9-,17-15-,30-28-,36-34-,41-38+/t49?,50-/m1/s1. The zero-order valence-corrected chi connectivity index (χ0v) is 41.8. The van der Waals surface area contributed by atoms with Gasteiger partial charge in [-0.1, -0.05) is 203 Å². The number of allylic oxidation sites excluding steroid dienone is 9. The van der Waals surface area contributed by atoms with Crippen molar-refractivity contribution in [2.45, 2.75) is 212 Å². The molecule has 3 atom stereocenters. The van der Waals surface area contributed by atoms with Gasteiger partial charge in [0, 0.05) is 12.8 Å². The molecule has 10 nitrogen and oxygen atoms in total. The van der Waals surface area contributed by atoms with E-state index in [0.717, 1.165) is 38.5 Å². The summed E-state index contributed by atoms with van der Waals surface area (Å²) >= 11 is 0. The molecule has 0 aliphatic rings. The predicted octanol–water partition coefficient (Wildman–Crippen LogP) is 13.8. The molecule has 0 spiro atoms. The van der Waals surface area contributed by atoms with E-state index in [1.165, 1.54) is 116 Å². The maximum Gasteiger partial charge on any atom is 0.472 e. The summed E-state index contributed by atoms with van der Waals surface area (Å²) in [6.45, 7) is 4.10. The predicted molar refractivity (Wildman–Crippen MR) is 262 cm³/mol. The highest BCUT2D eigenvalue weighted by Crippen LogP contribution is 2.43. The fourth-order valence-electron chi connectivity index (χ4n) is 6.75. The lowest BCUT2D eigenvalue weighted by atomic mass is 10.0. The summed E-state index contributed by atoms with van der Waals surface area (Å²) in [7, 11) is 1.36. The first-order chi connectivity index (χ1) is 30.4. The summed E-state index contributed by atoms with van der Waals surface area (Å²) in [4.78, 5) is 35.5. The summed E-state index contributed by atoms with van der Waals surface area (Å²) in [5, 5.41) is 10.3. The van der Waals surface area contributed by atoms with Crippen LogP contribution in [0.3, 0.4) is 0 Å². The number of aliphatic hydroxyl groups excluding tert-OH is 1. The molecule has 2 N–H and O–H groups in total. The fourth-order valence-corrected chi connectivity index (χ4v) is 7.49. The summed E-state index contributed by atoms with van der Waals surface area (Å²) in [6, 6.07) is 0. The van der Waals surface area contributed by atoms with E-state index in [0.29, 0.717) is 30.3 Å². The van der Waals surface area contributed by atoms with Crippen molar-refractivity contribution in [2.75, 3.05) is 47.5 Å². The zero-order valence-electron chi connectivity index (χ0n) is 40.9. The lowest BCUT2D eigenvalue weighted by molar-refractivity contribution is -0.870. The van der Waals surface area contributed by atoms with E-state index in [9.17, 15) is 24.2 Å². The molecule has 366 valence electrons. The summed E-state index contributed by atoms with van der Waals surface area (Å²) < 4.78 is 34.2. The Morgan fingerprint density at radius 3 is 1.52 bits per heavy atom. The van der Waals surface area contributed by atoms with E-state index in [1.54, 1.807) is 12.2 Å². The number of hydrogen-bond donors (Lipinski definition) is 2. The van der Waals surface area contributed by atoms with Gasteiger partial charge in [0.05, 0.1) is 33.9 Å². The highest BCUT2D eigenvalue weighted by atomic mass is 31.2. The van der Waals surface area contributed by atoms with Crippen molar-refractivity contribution in [1.29, 1.82) is 0 Å². The first kappa shape index (κ1) is 60.7. The molecule has 0 radical (unpaired) electrons. The van der Waals surface area contributed by atoms with Gasteiger partial charge < -0.3 is 24.0 Å². The van der Waals surface area contributed by atoms with E-state index in [4.69, 9.17) is 18.5 Å². The number of rotatable bonds is 45. The summed E-state index contributed by atoms with van der Waals surface area (Å²) in [5.74, 6) is -0.999. The Morgan fingerprint density at radius 1 is 0.571 bits per heavy atom. The Bertz CT molecular complexity index is 1270. The molecule has 0 saturated heterocycles. The summed E-state index contributed by atoms with van der Waals surface area (Å²) in [6.07, 6.45) is 50.2. The topological polar surface area (TPSA) is 129 Å². The smallest absolute Gasteiger partial charge is 0.462 e. The molecule has 0 aromatic rings. The highest BCUT2D eigenvalue weighted by Gasteiger charge is 2.27. The number of carbonyl (C=O) groups excluding carboxylic acids is 2. The van der Waals surface area contributed by atoms with Crippen LogP contribution in [0.25, 0.3) is 0 Å². The quantitative estimate of drug-likeness (QED) is 0.0153. The minimum atomic E-state index is -4.44. The molecule has 0 aromatic heterocycles. The number of aliphatic hydroxyl groups is 1. The van der Waals surface area contributed by atoms with Gasteiger partial charge in [0.15, 0.2) is 6.10 Å². The fraction of sp³-hybridized carbons (Fsp3) is 0.769. The molecule has 0 amide bonds. The highest BCUT2D eigenvalue weighted by molar-refractivity contribution is 7.47. The monoisotopic (exact) mass is 909 g/mol. The van der Waals surface area contributed by atoms with Gasteiger partial charge in [0.25, 0.3) is 0 Å². The molecule has 0 aromatic carbocycles. The third-order valence-electron chi connectivity index (χ3n) is 10.7. The number of quaternary nitrogens is 1. The van der Waals surface area contributed by atoms with Gasteiger partial charge in [-0.05, 0) is 44.9 Å². The molecule has 63 heavy (non-hydrogen) atoms. The number of unbranched alkanes of at least 4 members (excludes halogenated alkanes) is 20. The Labute approximate surface area is 386 Å². The first-order valence-corrected chi connectivity index (χ1v) is 26.6. The number of nitrogens with zero attached hydrogens (tertiary/aromatic N) is 1. The van der Waals surface area contributed by atoms with Gasteiger partial charge in [-0.15, -0.1) is 0 Å². The minimum Gasteiger partial charge on any atom is -0.462 e. The van der Waals surface area contributed by atoms with Crippen molar-refractivity contribution >= 4 is 19.8 Å². The molecule has 0 fully saturated rings. The molecule has 11 heteroatoms. The van der Waals surface area contributed by atoms with Crippen LogP contribution >= 0.6 is 7.82 Å². The number of likely N-dealkylation sites (N-methyl/N-ethyl adjacent to an activating group) is 1. The molecular weight excluding hydrogens is 814 g/mol. The number of esters is 2. The van der Waals surface area contributed by atoms with Crippen LogP contribution in [0.2, 0.25) is 0 Å². The van der Waals surface area contributed by atoms with Crippen molar-refractivity contribution in [3.05, 3.63) is 60.8 Å². The second kappa shape index (κ2) is 43.6. The molecule has 0 bridgehead atoms. The Morgan fingerprint density at radius 2 is 1.03 bits per heavy atom. The number of phosphoric ester groups is 1. The van der Waals surface area contributed by atoms with Gasteiger partial charge in [-0.25, -0.2) is 4.57 Å². The summed E-state index contributed by atoms with van der Waals surface area (Å²) in [5.41, 5.74) is 0. The molecule has 0 rings (SSSR count). The van der Waals surface area contributed by atoms with Gasteiger partial charge >= 0.3 is 19.8 Å². The van der Waals surface area contributed by atoms with E-state index < -0.39 is 38.6 Å². The van der Waals surface area contributed by atoms with Gasteiger partial charge in [0.2, 0.25) is 0 Å². The van der Waals surface area contributed by atoms with Crippen LogP contribution in [0, 0.1) is 0 Å². The molecule has 0 aliphatic carbocycles. The Kier molecular flexibility index (Phi) is 41.9. The first-order valence-electron chi connectivity index (χ1n) is 25.1. The normalized spacial score (nSPS) is 14.5. The van der Waals surface area contributed by atoms with Crippen LogP contribution in [-0.4, -0.2) is 86.1 Å². The van der Waals surface area contributed by atoms with E-state index in [-0.39, 0.29) is 26.1 Å². The zero-order chi connectivity index (χ0) is 46.5. The maximum atomic E-state index is 12.7. The Hall–Kier alpha value is -2.33. The molecule has 2 unspecified atom stereocenters. The van der Waals surface area contributed by atoms with Gasteiger partial charge in [-0.3, -0.25) is 18.6 Å². The van der Waals surface area contributed by atoms with Crippen LogP contribution < -0.4 is 0 Å². The third-order valence-corrected chi connectivity index (χ3v) is 11.7. The average Bonchev–Trinajstić information content (AvgIpc) is 3.23. The third kappa shape index (κ3) is 47.5. The van der Waals surface area contributed by atoms with Crippen molar-refractivity contribution in [3.8, 4) is 0 Å². The van der Waals surface area contributed by atoms with E-state index >= 15 is 0 Å². The average molecular weight is 909 g/mol. The second-order valence-corrected chi connectivity index (χ2v) is 19.5. The number of hydrogen-bond acceptors (Lipinski definition) is 8. The van der Waals surface area contributed by atoms with Gasteiger partial charge in [-0.2, -0.15) is 0 Å². The van der Waals surface area contributed by atoms with Crippen molar-refractivity contribution in [3.63, 3.8) is 0 Å². The van der Waals surface area contributed by atoms with E-state index in [1.807, 2.05) is 33.3 Å². The Balaban J connectivity index is 4.40. The number of phosphoric acid groups is 1. The van der Waals surface area contributed by atoms with Crippen LogP contribution in [-0.2, 0) is 32.7 Å². The number of carbonyl (C=O) groups is 2. The number of ether oxygens (including phenoxy) is 2. The van der Waals surface area contributed by atoms with Crippen LogP contribution in [0.4, 0.5) is 0 Å². The second-order valence-electron chi connectivity index (χ2n) is 18.0.